The first-order chi connectivity index (χ1) is 8.39. The fraction of sp³-hybridized carbons (Fsp3) is 0.167. The van der Waals surface area contributed by atoms with E-state index in [0.717, 1.165) is 10.4 Å². The zero-order valence-electron chi connectivity index (χ0n) is 9.43. The normalized spacial score (nSPS) is 13.5. The van der Waals surface area contributed by atoms with Crippen LogP contribution in [0.1, 0.15) is 15.8 Å². The molecule has 0 radical (unpaired) electrons. The average Bonchev–Trinajstić information content (AvgIpc) is 2.73. The van der Waals surface area contributed by atoms with Gasteiger partial charge in [-0.1, -0.05) is 23.7 Å². The van der Waals surface area contributed by atoms with Crippen molar-refractivity contribution in [2.75, 3.05) is 6.26 Å². The number of thiophene rings is 1. The van der Waals surface area contributed by atoms with E-state index in [1.165, 1.54) is 17.6 Å². The van der Waals surface area contributed by atoms with Crippen molar-refractivity contribution in [2.45, 2.75) is 10.3 Å². The van der Waals surface area contributed by atoms with Gasteiger partial charge in [-0.05, 0) is 29.1 Å². The summed E-state index contributed by atoms with van der Waals surface area (Å²) in [6, 6.07) is 8.39. The van der Waals surface area contributed by atoms with Crippen molar-refractivity contribution in [1.29, 1.82) is 0 Å². The van der Waals surface area contributed by atoms with Crippen molar-refractivity contribution in [3.05, 3.63) is 51.2 Å². The third-order valence-electron chi connectivity index (χ3n) is 2.45. The maximum atomic E-state index is 11.5. The van der Waals surface area contributed by atoms with Gasteiger partial charge in [0.05, 0.1) is 15.3 Å². The number of alkyl halides is 1. The minimum absolute atomic E-state index is 0.262. The lowest BCUT2D eigenvalue weighted by atomic mass is 10.1. The molecule has 0 saturated carbocycles. The Morgan fingerprint density at radius 2 is 2.00 bits per heavy atom. The van der Waals surface area contributed by atoms with Crippen LogP contribution < -0.4 is 0 Å². The first-order valence-electron chi connectivity index (χ1n) is 5.06. The number of benzene rings is 1. The molecule has 0 aliphatic carbocycles. The molecule has 18 heavy (non-hydrogen) atoms. The average molecular weight is 321 g/mol. The molecule has 0 aliphatic heterocycles. The molecule has 1 aromatic heterocycles. The van der Waals surface area contributed by atoms with Crippen LogP contribution in [-0.4, -0.2) is 14.7 Å². The molecule has 2 rings (SSSR count). The molecule has 1 aromatic carbocycles. The van der Waals surface area contributed by atoms with Gasteiger partial charge in [-0.15, -0.1) is 22.9 Å². The molecule has 0 aliphatic rings. The first kappa shape index (κ1) is 13.9. The maximum absolute atomic E-state index is 11.5. The highest BCUT2D eigenvalue weighted by molar-refractivity contribution is 7.90. The van der Waals surface area contributed by atoms with E-state index >= 15 is 0 Å². The van der Waals surface area contributed by atoms with E-state index < -0.39 is 15.2 Å². The van der Waals surface area contributed by atoms with E-state index in [1.54, 1.807) is 30.3 Å². The monoisotopic (exact) mass is 320 g/mol. The van der Waals surface area contributed by atoms with Crippen LogP contribution in [0.25, 0.3) is 0 Å². The molecular formula is C12H10Cl2O2S2. The Labute approximate surface area is 120 Å². The SMILES string of the molecule is CS(=O)(=O)c1cccc(C(Cl)c2sccc2Cl)c1. The van der Waals surface area contributed by atoms with E-state index in [-0.39, 0.29) is 4.90 Å². The molecule has 6 heteroatoms. The van der Waals surface area contributed by atoms with Crippen LogP contribution in [-0.2, 0) is 9.84 Å². The predicted molar refractivity (Wildman–Crippen MR) is 76.6 cm³/mol. The van der Waals surface area contributed by atoms with Gasteiger partial charge >= 0.3 is 0 Å². The van der Waals surface area contributed by atoms with Crippen LogP contribution in [0.3, 0.4) is 0 Å². The van der Waals surface area contributed by atoms with Crippen LogP contribution in [0, 0.1) is 0 Å². The molecule has 0 fully saturated rings. The van der Waals surface area contributed by atoms with Gasteiger partial charge in [-0.3, -0.25) is 0 Å². The molecule has 0 bridgehead atoms. The molecule has 1 atom stereocenters. The Hall–Kier alpha value is -0.550. The molecule has 2 aromatic rings. The van der Waals surface area contributed by atoms with Crippen molar-refractivity contribution < 1.29 is 8.42 Å². The Kier molecular flexibility index (Phi) is 4.02. The van der Waals surface area contributed by atoms with Gasteiger partial charge in [0.2, 0.25) is 0 Å². The topological polar surface area (TPSA) is 34.1 Å². The van der Waals surface area contributed by atoms with E-state index in [9.17, 15) is 8.42 Å². The lowest BCUT2D eigenvalue weighted by Gasteiger charge is -2.10. The second-order valence-corrected chi connectivity index (χ2v) is 7.65. The van der Waals surface area contributed by atoms with Gasteiger partial charge in [0.1, 0.15) is 0 Å². The Bertz CT molecular complexity index is 662. The molecule has 96 valence electrons. The van der Waals surface area contributed by atoms with Crippen LogP contribution in [0.2, 0.25) is 5.02 Å². The molecule has 0 saturated heterocycles. The fourth-order valence-electron chi connectivity index (χ4n) is 1.54. The van der Waals surface area contributed by atoms with Gasteiger partial charge in [-0.25, -0.2) is 8.42 Å². The third-order valence-corrected chi connectivity index (χ3v) is 5.59. The fourth-order valence-corrected chi connectivity index (χ4v) is 3.85. The minimum Gasteiger partial charge on any atom is -0.224 e. The predicted octanol–water partition coefficient (Wildman–Crippen LogP) is 4.13. The van der Waals surface area contributed by atoms with E-state index in [2.05, 4.69) is 0 Å². The van der Waals surface area contributed by atoms with Crippen LogP contribution in [0.4, 0.5) is 0 Å². The second kappa shape index (κ2) is 5.21. The minimum atomic E-state index is -3.23. The highest BCUT2D eigenvalue weighted by atomic mass is 35.5. The third kappa shape index (κ3) is 2.88. The Morgan fingerprint density at radius 3 is 2.56 bits per heavy atom. The zero-order valence-corrected chi connectivity index (χ0v) is 12.6. The van der Waals surface area contributed by atoms with Gasteiger partial charge in [-0.2, -0.15) is 0 Å². The van der Waals surface area contributed by atoms with Crippen LogP contribution >= 0.6 is 34.5 Å². The summed E-state index contributed by atoms with van der Waals surface area (Å²) < 4.78 is 23.0. The maximum Gasteiger partial charge on any atom is 0.175 e. The zero-order chi connectivity index (χ0) is 13.3. The molecule has 2 nitrogen and oxygen atoms in total. The summed E-state index contributed by atoms with van der Waals surface area (Å²) >= 11 is 13.8. The summed E-state index contributed by atoms with van der Waals surface area (Å²) in [5.74, 6) is 0. The summed E-state index contributed by atoms with van der Waals surface area (Å²) in [4.78, 5) is 1.09. The van der Waals surface area contributed by atoms with Crippen molar-refractivity contribution in [3.8, 4) is 0 Å². The lowest BCUT2D eigenvalue weighted by Crippen LogP contribution is -1.99. The first-order valence-corrected chi connectivity index (χ1v) is 8.65. The summed E-state index contributed by atoms with van der Waals surface area (Å²) in [5.41, 5.74) is 0.726. The molecule has 1 heterocycles. The molecular weight excluding hydrogens is 311 g/mol. The summed E-state index contributed by atoms with van der Waals surface area (Å²) in [7, 11) is -3.23. The van der Waals surface area contributed by atoms with E-state index in [4.69, 9.17) is 23.2 Å². The van der Waals surface area contributed by atoms with E-state index in [0.29, 0.717) is 5.02 Å². The lowest BCUT2D eigenvalue weighted by molar-refractivity contribution is 0.602. The summed E-state index contributed by atoms with van der Waals surface area (Å²) in [6.07, 6.45) is 1.17. The number of hydrogen-bond donors (Lipinski definition) is 0. The highest BCUT2D eigenvalue weighted by Crippen LogP contribution is 2.37. The largest absolute Gasteiger partial charge is 0.224 e. The highest BCUT2D eigenvalue weighted by Gasteiger charge is 2.17. The van der Waals surface area contributed by atoms with Crippen LogP contribution in [0.15, 0.2) is 40.6 Å². The standard InChI is InChI=1S/C12H10Cl2O2S2/c1-18(15,16)9-4-2-3-8(7-9)11(14)12-10(13)5-6-17-12/h2-7,11H,1H3. The van der Waals surface area contributed by atoms with Gasteiger partial charge in [0, 0.05) is 11.1 Å². The Morgan fingerprint density at radius 1 is 1.28 bits per heavy atom. The number of halogens is 2. The molecule has 0 spiro atoms. The van der Waals surface area contributed by atoms with Crippen molar-refractivity contribution in [2.24, 2.45) is 0 Å². The van der Waals surface area contributed by atoms with Crippen molar-refractivity contribution in [1.82, 2.24) is 0 Å². The summed E-state index contributed by atoms with van der Waals surface area (Å²) in [6.45, 7) is 0. The number of hydrogen-bond acceptors (Lipinski definition) is 3. The van der Waals surface area contributed by atoms with Crippen molar-refractivity contribution >= 4 is 44.4 Å². The second-order valence-electron chi connectivity index (χ2n) is 3.84. The van der Waals surface area contributed by atoms with Crippen molar-refractivity contribution in [3.63, 3.8) is 0 Å². The molecule has 0 N–H and O–H groups in total. The smallest absolute Gasteiger partial charge is 0.175 e. The summed E-state index contributed by atoms with van der Waals surface area (Å²) in [5, 5.41) is 2.02. The molecule has 0 amide bonds. The molecule has 1 unspecified atom stereocenters. The van der Waals surface area contributed by atoms with E-state index in [1.807, 2.05) is 5.38 Å². The number of rotatable bonds is 3. The quantitative estimate of drug-likeness (QED) is 0.797. The van der Waals surface area contributed by atoms with Gasteiger partial charge < -0.3 is 0 Å². The van der Waals surface area contributed by atoms with Crippen LogP contribution in [0.5, 0.6) is 0 Å². The van der Waals surface area contributed by atoms with Gasteiger partial charge in [0.15, 0.2) is 9.84 Å². The number of sulfone groups is 1. The van der Waals surface area contributed by atoms with Gasteiger partial charge in [0.25, 0.3) is 0 Å². The Balaban J connectivity index is 2.44.